The minimum Gasteiger partial charge on any atom is -0.491 e. The molecule has 0 saturated carbocycles. The van der Waals surface area contributed by atoms with E-state index >= 15 is 0 Å². The van der Waals surface area contributed by atoms with Crippen LogP contribution in [0.25, 0.3) is 0 Å². The number of nitriles is 1. The maximum Gasteiger partial charge on any atom is 0.138 e. The molecule has 0 aliphatic heterocycles. The Bertz CT molecular complexity index is 333. The second-order valence-corrected chi connectivity index (χ2v) is 2.77. The minimum atomic E-state index is 0.359. The summed E-state index contributed by atoms with van der Waals surface area (Å²) in [7, 11) is 0. The van der Waals surface area contributed by atoms with Gasteiger partial charge < -0.3 is 10.5 Å². The van der Waals surface area contributed by atoms with Crippen molar-refractivity contribution >= 4 is 11.6 Å². The molecule has 4 heteroatoms. The van der Waals surface area contributed by atoms with Gasteiger partial charge in [0.2, 0.25) is 0 Å². The summed E-state index contributed by atoms with van der Waals surface area (Å²) in [5.41, 5.74) is 5.62. The fraction of sp³-hybridized carbons (Fsp3) is 0.222. The molecule has 0 aliphatic rings. The molecule has 1 aromatic rings. The van der Waals surface area contributed by atoms with Crippen LogP contribution in [0.15, 0.2) is 18.2 Å². The number of nitrogens with two attached hydrogens (primary N) is 1. The van der Waals surface area contributed by atoms with E-state index in [1.54, 1.807) is 18.2 Å². The van der Waals surface area contributed by atoms with Gasteiger partial charge in [-0.2, -0.15) is 5.26 Å². The van der Waals surface area contributed by atoms with Gasteiger partial charge in [-0.1, -0.05) is 17.7 Å². The maximum absolute atomic E-state index is 8.75. The fourth-order valence-electron chi connectivity index (χ4n) is 0.902. The van der Waals surface area contributed by atoms with E-state index in [4.69, 9.17) is 27.3 Å². The molecule has 0 heterocycles. The summed E-state index contributed by atoms with van der Waals surface area (Å²) in [4.78, 5) is 0. The number of benzene rings is 1. The minimum absolute atomic E-state index is 0.359. The molecule has 0 amide bonds. The summed E-state index contributed by atoms with van der Waals surface area (Å²) in [6.45, 7) is 0.798. The molecule has 1 aromatic carbocycles. The Hall–Kier alpha value is -1.24. The van der Waals surface area contributed by atoms with Gasteiger partial charge in [-0.25, -0.2) is 0 Å². The lowest BCUT2D eigenvalue weighted by Gasteiger charge is -2.06. The van der Waals surface area contributed by atoms with E-state index in [9.17, 15) is 0 Å². The molecule has 0 fully saturated rings. The van der Waals surface area contributed by atoms with Crippen molar-refractivity contribution in [2.75, 3.05) is 13.2 Å². The van der Waals surface area contributed by atoms with Crippen molar-refractivity contribution in [2.24, 2.45) is 5.73 Å². The normalized spacial score (nSPS) is 9.31. The first-order chi connectivity index (χ1) is 6.29. The highest BCUT2D eigenvalue weighted by atomic mass is 35.5. The first kappa shape index (κ1) is 9.85. The molecule has 68 valence electrons. The van der Waals surface area contributed by atoms with E-state index in [-0.39, 0.29) is 0 Å². The third kappa shape index (κ3) is 2.35. The Morgan fingerprint density at radius 1 is 1.54 bits per heavy atom. The average Bonchev–Trinajstić information content (AvgIpc) is 2.15. The SMILES string of the molecule is N#Cc1c(Cl)cccc1OCCN. The number of ether oxygens (including phenoxy) is 1. The van der Waals surface area contributed by atoms with Gasteiger partial charge in [0.25, 0.3) is 0 Å². The van der Waals surface area contributed by atoms with E-state index in [0.717, 1.165) is 0 Å². The topological polar surface area (TPSA) is 59.0 Å². The summed E-state index contributed by atoms with van der Waals surface area (Å²) < 4.78 is 5.23. The van der Waals surface area contributed by atoms with Gasteiger partial charge in [0.15, 0.2) is 0 Å². The summed E-state index contributed by atoms with van der Waals surface area (Å²) in [6, 6.07) is 7.05. The summed E-state index contributed by atoms with van der Waals surface area (Å²) >= 11 is 5.77. The van der Waals surface area contributed by atoms with E-state index in [0.29, 0.717) is 29.5 Å². The Balaban J connectivity index is 2.93. The van der Waals surface area contributed by atoms with Crippen molar-refractivity contribution in [1.29, 1.82) is 5.26 Å². The Labute approximate surface area is 81.7 Å². The predicted molar refractivity (Wildman–Crippen MR) is 50.7 cm³/mol. The molecule has 0 radical (unpaired) electrons. The fourth-order valence-corrected chi connectivity index (χ4v) is 1.11. The largest absolute Gasteiger partial charge is 0.491 e. The quantitative estimate of drug-likeness (QED) is 0.798. The molecule has 0 bridgehead atoms. The smallest absolute Gasteiger partial charge is 0.138 e. The molecule has 0 saturated heterocycles. The van der Waals surface area contributed by atoms with Crippen molar-refractivity contribution in [3.8, 4) is 11.8 Å². The van der Waals surface area contributed by atoms with Gasteiger partial charge in [-0.3, -0.25) is 0 Å². The predicted octanol–water partition coefficient (Wildman–Crippen LogP) is 1.55. The van der Waals surface area contributed by atoms with Gasteiger partial charge in [-0.05, 0) is 12.1 Å². The lowest BCUT2D eigenvalue weighted by molar-refractivity contribution is 0.327. The second kappa shape index (κ2) is 4.70. The number of nitrogens with zero attached hydrogens (tertiary/aromatic N) is 1. The van der Waals surface area contributed by atoms with Crippen LogP contribution >= 0.6 is 11.6 Å². The first-order valence-corrected chi connectivity index (χ1v) is 4.19. The van der Waals surface area contributed by atoms with Crippen LogP contribution in [0.1, 0.15) is 5.56 Å². The van der Waals surface area contributed by atoms with Crippen molar-refractivity contribution in [3.63, 3.8) is 0 Å². The lowest BCUT2D eigenvalue weighted by atomic mass is 10.2. The van der Waals surface area contributed by atoms with Crippen molar-refractivity contribution in [3.05, 3.63) is 28.8 Å². The highest BCUT2D eigenvalue weighted by Crippen LogP contribution is 2.24. The Morgan fingerprint density at radius 2 is 2.31 bits per heavy atom. The molecule has 1 rings (SSSR count). The molecule has 0 atom stereocenters. The highest BCUT2D eigenvalue weighted by molar-refractivity contribution is 6.31. The monoisotopic (exact) mass is 196 g/mol. The van der Waals surface area contributed by atoms with E-state index in [1.165, 1.54) is 0 Å². The number of hydrogen-bond donors (Lipinski definition) is 1. The molecular weight excluding hydrogens is 188 g/mol. The van der Waals surface area contributed by atoms with E-state index in [2.05, 4.69) is 0 Å². The Morgan fingerprint density at radius 3 is 2.92 bits per heavy atom. The van der Waals surface area contributed by atoms with E-state index in [1.807, 2.05) is 6.07 Å². The lowest BCUT2D eigenvalue weighted by Crippen LogP contribution is -2.11. The molecule has 0 aliphatic carbocycles. The first-order valence-electron chi connectivity index (χ1n) is 3.81. The van der Waals surface area contributed by atoms with Gasteiger partial charge in [0.1, 0.15) is 24.0 Å². The third-order valence-electron chi connectivity index (χ3n) is 1.46. The number of hydrogen-bond acceptors (Lipinski definition) is 3. The second-order valence-electron chi connectivity index (χ2n) is 2.36. The molecular formula is C9H9ClN2O. The zero-order valence-electron chi connectivity index (χ0n) is 6.96. The molecule has 0 aromatic heterocycles. The van der Waals surface area contributed by atoms with Crippen LogP contribution in [-0.4, -0.2) is 13.2 Å². The molecule has 2 N–H and O–H groups in total. The van der Waals surface area contributed by atoms with Crippen LogP contribution in [0.2, 0.25) is 5.02 Å². The van der Waals surface area contributed by atoms with Crippen molar-refractivity contribution in [1.82, 2.24) is 0 Å². The summed E-state index contributed by atoms with van der Waals surface area (Å²) in [6.07, 6.45) is 0. The van der Waals surface area contributed by atoms with E-state index < -0.39 is 0 Å². The zero-order chi connectivity index (χ0) is 9.68. The third-order valence-corrected chi connectivity index (χ3v) is 1.78. The standard InChI is InChI=1S/C9H9ClN2O/c10-8-2-1-3-9(7(8)6-12)13-5-4-11/h1-3H,4-5,11H2. The van der Waals surface area contributed by atoms with Crippen LogP contribution in [0, 0.1) is 11.3 Å². The molecule has 13 heavy (non-hydrogen) atoms. The van der Waals surface area contributed by atoms with Crippen molar-refractivity contribution in [2.45, 2.75) is 0 Å². The van der Waals surface area contributed by atoms with Crippen LogP contribution in [0.5, 0.6) is 5.75 Å². The summed E-state index contributed by atoms with van der Waals surface area (Å²) in [5, 5.41) is 9.15. The van der Waals surface area contributed by atoms with Gasteiger partial charge in [-0.15, -0.1) is 0 Å². The van der Waals surface area contributed by atoms with Crippen LogP contribution in [0.3, 0.4) is 0 Å². The van der Waals surface area contributed by atoms with Gasteiger partial charge >= 0.3 is 0 Å². The van der Waals surface area contributed by atoms with Crippen LogP contribution in [-0.2, 0) is 0 Å². The summed E-state index contributed by atoms with van der Waals surface area (Å²) in [5.74, 6) is 0.487. The molecule has 3 nitrogen and oxygen atoms in total. The molecule has 0 unspecified atom stereocenters. The highest BCUT2D eigenvalue weighted by Gasteiger charge is 2.06. The average molecular weight is 197 g/mol. The number of halogens is 1. The van der Waals surface area contributed by atoms with Crippen molar-refractivity contribution < 1.29 is 4.74 Å². The van der Waals surface area contributed by atoms with Gasteiger partial charge in [0.05, 0.1) is 5.02 Å². The zero-order valence-corrected chi connectivity index (χ0v) is 7.71. The van der Waals surface area contributed by atoms with Crippen LogP contribution < -0.4 is 10.5 Å². The maximum atomic E-state index is 8.75. The molecule has 0 spiro atoms. The number of rotatable bonds is 3. The van der Waals surface area contributed by atoms with Crippen LogP contribution in [0.4, 0.5) is 0 Å². The van der Waals surface area contributed by atoms with Gasteiger partial charge in [0, 0.05) is 6.54 Å². The Kier molecular flexibility index (Phi) is 3.56.